The molecule has 1 aromatic carbocycles. The summed E-state index contributed by atoms with van der Waals surface area (Å²) in [6.07, 6.45) is 5.51. The van der Waals surface area contributed by atoms with Crippen LogP contribution in [-0.4, -0.2) is 9.97 Å². The van der Waals surface area contributed by atoms with Gasteiger partial charge in [-0.2, -0.15) is 0 Å². The van der Waals surface area contributed by atoms with Crippen LogP contribution in [0.1, 0.15) is 0 Å². The highest BCUT2D eigenvalue weighted by Crippen LogP contribution is 2.31. The van der Waals surface area contributed by atoms with Gasteiger partial charge in [-0.3, -0.25) is 4.98 Å². The van der Waals surface area contributed by atoms with Gasteiger partial charge in [0.1, 0.15) is 5.01 Å². The topological polar surface area (TPSA) is 25.8 Å². The Morgan fingerprint density at radius 1 is 0.824 bits per heavy atom. The molecule has 0 spiro atoms. The molecule has 0 N–H and O–H groups in total. The molecule has 0 bridgehead atoms. The summed E-state index contributed by atoms with van der Waals surface area (Å²) in [6.45, 7) is 0. The van der Waals surface area contributed by atoms with Crippen LogP contribution in [0.15, 0.2) is 61.1 Å². The summed E-state index contributed by atoms with van der Waals surface area (Å²) in [7, 11) is 0. The monoisotopic (exact) mass is 238 g/mol. The third-order valence-corrected chi connectivity index (χ3v) is 3.59. The molecule has 0 aliphatic heterocycles. The third kappa shape index (κ3) is 2.10. The average molecular weight is 238 g/mol. The van der Waals surface area contributed by atoms with Crippen molar-refractivity contribution in [2.24, 2.45) is 0 Å². The second kappa shape index (κ2) is 4.47. The van der Waals surface area contributed by atoms with Gasteiger partial charge in [-0.15, -0.1) is 11.3 Å². The molecule has 0 amide bonds. The minimum atomic E-state index is 1.03. The Morgan fingerprint density at radius 2 is 1.59 bits per heavy atom. The summed E-state index contributed by atoms with van der Waals surface area (Å²) in [5.41, 5.74) is 2.33. The Hall–Kier alpha value is -2.00. The highest BCUT2D eigenvalue weighted by Gasteiger charge is 2.05. The van der Waals surface area contributed by atoms with E-state index in [1.807, 2.05) is 36.5 Å². The molecule has 3 heteroatoms. The molecule has 0 aliphatic carbocycles. The molecule has 17 heavy (non-hydrogen) atoms. The van der Waals surface area contributed by atoms with Crippen molar-refractivity contribution in [1.82, 2.24) is 9.97 Å². The van der Waals surface area contributed by atoms with Crippen LogP contribution in [0.5, 0.6) is 0 Å². The van der Waals surface area contributed by atoms with Gasteiger partial charge in [0, 0.05) is 24.2 Å². The van der Waals surface area contributed by atoms with Gasteiger partial charge in [0.2, 0.25) is 0 Å². The third-order valence-electron chi connectivity index (χ3n) is 2.49. The maximum atomic E-state index is 4.45. The SMILES string of the molecule is c1ccc(-c2cnc(-c3ccncc3)s2)cc1. The molecule has 2 heterocycles. The highest BCUT2D eigenvalue weighted by molar-refractivity contribution is 7.18. The van der Waals surface area contributed by atoms with Crippen molar-refractivity contribution in [1.29, 1.82) is 0 Å². The van der Waals surface area contributed by atoms with E-state index in [1.165, 1.54) is 10.4 Å². The standard InChI is InChI=1S/C14H10N2S/c1-2-4-11(5-3-1)13-10-16-14(17-13)12-6-8-15-9-7-12/h1-10H. The van der Waals surface area contributed by atoms with E-state index in [1.54, 1.807) is 23.7 Å². The molecular formula is C14H10N2S. The van der Waals surface area contributed by atoms with Gasteiger partial charge in [0.15, 0.2) is 0 Å². The summed E-state index contributed by atoms with van der Waals surface area (Å²) in [6, 6.07) is 14.3. The van der Waals surface area contributed by atoms with Gasteiger partial charge in [0.25, 0.3) is 0 Å². The van der Waals surface area contributed by atoms with Crippen LogP contribution in [0.2, 0.25) is 0 Å². The molecule has 3 aromatic rings. The zero-order chi connectivity index (χ0) is 11.5. The van der Waals surface area contributed by atoms with E-state index in [9.17, 15) is 0 Å². The van der Waals surface area contributed by atoms with Crippen LogP contribution < -0.4 is 0 Å². The van der Waals surface area contributed by atoms with Crippen molar-refractivity contribution < 1.29 is 0 Å². The molecule has 3 rings (SSSR count). The molecule has 0 radical (unpaired) electrons. The largest absolute Gasteiger partial charge is 0.265 e. The van der Waals surface area contributed by atoms with E-state index < -0.39 is 0 Å². The van der Waals surface area contributed by atoms with Gasteiger partial charge < -0.3 is 0 Å². The van der Waals surface area contributed by atoms with Gasteiger partial charge >= 0.3 is 0 Å². The van der Waals surface area contributed by atoms with Crippen molar-refractivity contribution >= 4 is 11.3 Å². The first-order chi connectivity index (χ1) is 8.43. The minimum absolute atomic E-state index is 1.03. The average Bonchev–Trinajstić information content (AvgIpc) is 2.90. The maximum absolute atomic E-state index is 4.45. The van der Waals surface area contributed by atoms with Crippen LogP contribution in [0.25, 0.3) is 21.0 Å². The Kier molecular flexibility index (Phi) is 2.68. The molecule has 0 atom stereocenters. The van der Waals surface area contributed by atoms with Crippen molar-refractivity contribution in [2.75, 3.05) is 0 Å². The van der Waals surface area contributed by atoms with Crippen molar-refractivity contribution in [3.8, 4) is 21.0 Å². The molecule has 2 aromatic heterocycles. The van der Waals surface area contributed by atoms with Crippen LogP contribution >= 0.6 is 11.3 Å². The van der Waals surface area contributed by atoms with E-state index in [2.05, 4.69) is 22.1 Å². The number of benzene rings is 1. The summed E-state index contributed by atoms with van der Waals surface area (Å²) >= 11 is 1.70. The van der Waals surface area contributed by atoms with E-state index in [4.69, 9.17) is 0 Å². The summed E-state index contributed by atoms with van der Waals surface area (Å²) in [5.74, 6) is 0. The second-order valence-electron chi connectivity index (χ2n) is 3.63. The van der Waals surface area contributed by atoms with Gasteiger partial charge in [-0.05, 0) is 17.7 Å². The highest BCUT2D eigenvalue weighted by atomic mass is 32.1. The normalized spacial score (nSPS) is 10.4. The molecule has 0 saturated heterocycles. The fourth-order valence-corrected chi connectivity index (χ4v) is 2.56. The molecule has 0 unspecified atom stereocenters. The lowest BCUT2D eigenvalue weighted by molar-refractivity contribution is 1.32. The second-order valence-corrected chi connectivity index (χ2v) is 4.66. The number of rotatable bonds is 2. The summed E-state index contributed by atoms with van der Waals surface area (Å²) in [5, 5.41) is 1.03. The molecule has 0 fully saturated rings. The number of hydrogen-bond donors (Lipinski definition) is 0. The van der Waals surface area contributed by atoms with Gasteiger partial charge in [-0.1, -0.05) is 30.3 Å². The minimum Gasteiger partial charge on any atom is -0.265 e. The van der Waals surface area contributed by atoms with E-state index >= 15 is 0 Å². The maximum Gasteiger partial charge on any atom is 0.123 e. The first-order valence-corrected chi connectivity index (χ1v) is 6.17. The lowest BCUT2D eigenvalue weighted by atomic mass is 10.2. The number of nitrogens with zero attached hydrogens (tertiary/aromatic N) is 2. The first kappa shape index (κ1) is 10.2. The fraction of sp³-hybridized carbons (Fsp3) is 0. The Labute approximate surface area is 104 Å². The van der Waals surface area contributed by atoms with E-state index in [0.29, 0.717) is 0 Å². The summed E-state index contributed by atoms with van der Waals surface area (Å²) < 4.78 is 0. The van der Waals surface area contributed by atoms with Crippen LogP contribution in [0.3, 0.4) is 0 Å². The Morgan fingerprint density at radius 3 is 2.35 bits per heavy atom. The van der Waals surface area contributed by atoms with E-state index in [-0.39, 0.29) is 0 Å². The molecular weight excluding hydrogens is 228 g/mol. The Balaban J connectivity index is 1.99. The first-order valence-electron chi connectivity index (χ1n) is 5.35. The Bertz CT molecular complexity index is 548. The molecule has 0 aliphatic rings. The van der Waals surface area contributed by atoms with Gasteiger partial charge in [0.05, 0.1) is 4.88 Å². The number of aromatic nitrogens is 2. The number of pyridine rings is 1. The molecule has 2 nitrogen and oxygen atoms in total. The quantitative estimate of drug-likeness (QED) is 0.677. The fourth-order valence-electron chi connectivity index (χ4n) is 1.64. The smallest absolute Gasteiger partial charge is 0.123 e. The van der Waals surface area contributed by atoms with Gasteiger partial charge in [-0.25, -0.2) is 4.98 Å². The van der Waals surface area contributed by atoms with Crippen molar-refractivity contribution in [3.63, 3.8) is 0 Å². The van der Waals surface area contributed by atoms with Crippen LogP contribution in [0, 0.1) is 0 Å². The predicted molar refractivity (Wildman–Crippen MR) is 70.8 cm³/mol. The van der Waals surface area contributed by atoms with E-state index in [0.717, 1.165) is 10.6 Å². The lowest BCUT2D eigenvalue weighted by Gasteiger charge is -1.94. The molecule has 0 saturated carbocycles. The number of hydrogen-bond acceptors (Lipinski definition) is 3. The molecule has 82 valence electrons. The lowest BCUT2D eigenvalue weighted by Crippen LogP contribution is -1.74. The van der Waals surface area contributed by atoms with Crippen molar-refractivity contribution in [2.45, 2.75) is 0 Å². The van der Waals surface area contributed by atoms with Crippen molar-refractivity contribution in [3.05, 3.63) is 61.1 Å². The zero-order valence-electron chi connectivity index (χ0n) is 9.08. The number of thiazole rings is 1. The summed E-state index contributed by atoms with van der Waals surface area (Å²) in [4.78, 5) is 9.66. The predicted octanol–water partition coefficient (Wildman–Crippen LogP) is 3.87. The van der Waals surface area contributed by atoms with Crippen LogP contribution in [0.4, 0.5) is 0 Å². The zero-order valence-corrected chi connectivity index (χ0v) is 9.89. The van der Waals surface area contributed by atoms with Crippen LogP contribution in [-0.2, 0) is 0 Å².